The molecule has 0 aliphatic carbocycles. The van der Waals surface area contributed by atoms with Crippen LogP contribution in [0.25, 0.3) is 23.2 Å². The lowest BCUT2D eigenvalue weighted by molar-refractivity contribution is -0.117. The van der Waals surface area contributed by atoms with Gasteiger partial charge in [-0.05, 0) is 52.0 Å². The topological polar surface area (TPSA) is 152 Å². The summed E-state index contributed by atoms with van der Waals surface area (Å²) >= 11 is 12.0. The number of Topliss-reactive ketones (excluding diaryl/α,β-unsaturated/α-hetero) is 2. The molecule has 0 aliphatic rings. The van der Waals surface area contributed by atoms with E-state index in [9.17, 15) is 19.5 Å². The quantitative estimate of drug-likeness (QED) is 0.337. The van der Waals surface area contributed by atoms with Crippen LogP contribution in [0.3, 0.4) is 0 Å². The zero-order valence-electron chi connectivity index (χ0n) is 19.8. The number of furan rings is 2. The highest BCUT2D eigenvalue weighted by Crippen LogP contribution is 2.27. The van der Waals surface area contributed by atoms with Crippen LogP contribution in [0.1, 0.15) is 36.5 Å². The number of hydrogen-bond acceptors (Lipinski definition) is 9. The maximum Gasteiger partial charge on any atom is 0.258 e. The van der Waals surface area contributed by atoms with Gasteiger partial charge in [0.1, 0.15) is 33.4 Å². The van der Waals surface area contributed by atoms with Crippen molar-refractivity contribution >= 4 is 34.8 Å². The molecule has 188 valence electrons. The monoisotopic (exact) mass is 532 g/mol. The van der Waals surface area contributed by atoms with Crippen LogP contribution in [-0.2, 0) is 22.4 Å². The smallest absolute Gasteiger partial charge is 0.258 e. The molecule has 0 radical (unpaired) electrons. The highest BCUT2D eigenvalue weighted by atomic mass is 35.5. The number of aromatic hydroxyl groups is 1. The molecule has 0 spiro atoms. The molecular formula is C24H22Cl2N4O6. The van der Waals surface area contributed by atoms with Crippen LogP contribution in [-0.4, -0.2) is 36.6 Å². The lowest BCUT2D eigenvalue weighted by Gasteiger charge is -2.05. The van der Waals surface area contributed by atoms with E-state index in [1.807, 2.05) is 6.92 Å². The Morgan fingerprint density at radius 1 is 0.861 bits per heavy atom. The minimum Gasteiger partial charge on any atom is -0.493 e. The minimum atomic E-state index is -0.540. The van der Waals surface area contributed by atoms with Gasteiger partial charge in [-0.1, -0.05) is 23.2 Å². The minimum absolute atomic E-state index is 0.0328. The molecule has 0 saturated carbocycles. The molecule has 0 atom stereocenters. The van der Waals surface area contributed by atoms with Gasteiger partial charge in [0, 0.05) is 18.4 Å². The molecular weight excluding hydrogens is 511 g/mol. The van der Waals surface area contributed by atoms with E-state index in [4.69, 9.17) is 32.0 Å². The Labute approximate surface area is 215 Å². The lowest BCUT2D eigenvalue weighted by atomic mass is 10.2. The number of hydrogen-bond donors (Lipinski definition) is 2. The van der Waals surface area contributed by atoms with Gasteiger partial charge in [0.2, 0.25) is 5.88 Å². The zero-order chi connectivity index (χ0) is 26.6. The number of aromatic nitrogens is 4. The molecule has 36 heavy (non-hydrogen) atoms. The molecule has 12 heteroatoms. The molecule has 2 N–H and O–H groups in total. The van der Waals surface area contributed by atoms with Crippen molar-refractivity contribution in [3.63, 3.8) is 0 Å². The standard InChI is InChI=1S/C12H10Cl2N2O2.C12H12N2O4/c1-6(17)5-8-10(13)15-12(16-11(8)14)9-4-3-7(2)18-9;1-6(15)5-8-11(16)13-10(14-12(8)17)9-4-3-7(2)18-9/h3-4H,5H2,1-2H3;3-4H,5H2,1-2H3,(H2,13,14,16,17). The van der Waals surface area contributed by atoms with E-state index in [0.29, 0.717) is 28.7 Å². The van der Waals surface area contributed by atoms with Crippen LogP contribution >= 0.6 is 23.2 Å². The number of ketones is 2. The van der Waals surface area contributed by atoms with E-state index in [0.717, 1.165) is 5.76 Å². The van der Waals surface area contributed by atoms with Crippen LogP contribution in [0.2, 0.25) is 10.3 Å². The fourth-order valence-electron chi connectivity index (χ4n) is 3.06. The third kappa shape index (κ3) is 6.67. The number of carbonyl (C=O) groups excluding carboxylic acids is 2. The van der Waals surface area contributed by atoms with E-state index in [-0.39, 0.29) is 46.1 Å². The summed E-state index contributed by atoms with van der Waals surface area (Å²) in [4.78, 5) is 48.3. The van der Waals surface area contributed by atoms with Crippen LogP contribution in [0.15, 0.2) is 37.9 Å². The van der Waals surface area contributed by atoms with Crippen molar-refractivity contribution in [3.8, 4) is 29.0 Å². The van der Waals surface area contributed by atoms with Gasteiger partial charge in [-0.25, -0.2) is 9.97 Å². The first-order valence-electron chi connectivity index (χ1n) is 10.6. The average molecular weight is 533 g/mol. The Balaban J connectivity index is 0.000000201. The first kappa shape index (κ1) is 26.8. The molecule has 4 heterocycles. The Morgan fingerprint density at radius 3 is 1.81 bits per heavy atom. The predicted octanol–water partition coefficient (Wildman–Crippen LogP) is 4.66. The Bertz CT molecular complexity index is 1460. The van der Waals surface area contributed by atoms with E-state index in [1.165, 1.54) is 13.8 Å². The third-order valence-corrected chi connectivity index (χ3v) is 5.31. The summed E-state index contributed by atoms with van der Waals surface area (Å²) in [6.07, 6.45) is -0.0270. The first-order chi connectivity index (χ1) is 16.9. The molecule has 4 aromatic rings. The van der Waals surface area contributed by atoms with Crippen molar-refractivity contribution in [2.24, 2.45) is 0 Å². The summed E-state index contributed by atoms with van der Waals surface area (Å²) in [5.41, 5.74) is -0.130. The number of aromatic amines is 1. The van der Waals surface area contributed by atoms with E-state index >= 15 is 0 Å². The fraction of sp³-hybridized carbons (Fsp3) is 0.250. The van der Waals surface area contributed by atoms with Crippen molar-refractivity contribution in [1.82, 2.24) is 19.9 Å². The molecule has 0 aliphatic heterocycles. The van der Waals surface area contributed by atoms with Crippen LogP contribution < -0.4 is 5.56 Å². The highest BCUT2D eigenvalue weighted by Gasteiger charge is 2.16. The van der Waals surface area contributed by atoms with Crippen molar-refractivity contribution in [2.45, 2.75) is 40.5 Å². The van der Waals surface area contributed by atoms with Gasteiger partial charge in [-0.3, -0.25) is 14.4 Å². The Morgan fingerprint density at radius 2 is 1.36 bits per heavy atom. The predicted molar refractivity (Wildman–Crippen MR) is 132 cm³/mol. The molecule has 10 nitrogen and oxygen atoms in total. The van der Waals surface area contributed by atoms with Gasteiger partial charge in [0.05, 0.1) is 5.56 Å². The molecule has 0 unspecified atom stereocenters. The second-order valence-corrected chi connectivity index (χ2v) is 8.62. The molecule has 0 aromatic carbocycles. The normalized spacial score (nSPS) is 10.6. The second-order valence-electron chi connectivity index (χ2n) is 7.90. The molecule has 0 saturated heterocycles. The summed E-state index contributed by atoms with van der Waals surface area (Å²) < 4.78 is 10.7. The number of carbonyl (C=O) groups is 2. The van der Waals surface area contributed by atoms with Gasteiger partial charge in [0.15, 0.2) is 23.2 Å². The van der Waals surface area contributed by atoms with E-state index in [1.54, 1.807) is 31.2 Å². The summed E-state index contributed by atoms with van der Waals surface area (Å²) in [7, 11) is 0. The Kier molecular flexibility index (Phi) is 8.44. The maximum atomic E-state index is 11.7. The van der Waals surface area contributed by atoms with Gasteiger partial charge < -0.3 is 18.9 Å². The van der Waals surface area contributed by atoms with Gasteiger partial charge >= 0.3 is 0 Å². The third-order valence-electron chi connectivity index (χ3n) is 4.69. The van der Waals surface area contributed by atoms with Gasteiger partial charge in [0.25, 0.3) is 5.56 Å². The summed E-state index contributed by atoms with van der Waals surface area (Å²) in [6.45, 7) is 6.36. The van der Waals surface area contributed by atoms with Gasteiger partial charge in [-0.15, -0.1) is 0 Å². The number of aryl methyl sites for hydroxylation is 2. The summed E-state index contributed by atoms with van der Waals surface area (Å²) in [5, 5.41) is 10.0. The Hall–Kier alpha value is -3.76. The lowest BCUT2D eigenvalue weighted by Crippen LogP contribution is -2.17. The summed E-state index contributed by atoms with van der Waals surface area (Å²) in [5.74, 6) is 1.98. The van der Waals surface area contributed by atoms with Crippen molar-refractivity contribution in [3.05, 3.63) is 67.6 Å². The molecule has 4 rings (SSSR count). The van der Waals surface area contributed by atoms with E-state index < -0.39 is 11.4 Å². The molecule has 0 fully saturated rings. The number of H-pyrrole nitrogens is 1. The van der Waals surface area contributed by atoms with E-state index in [2.05, 4.69) is 19.9 Å². The maximum absolute atomic E-state index is 11.7. The number of rotatable bonds is 6. The molecule has 0 bridgehead atoms. The average Bonchev–Trinajstić information content (AvgIpc) is 3.41. The molecule has 0 amide bonds. The zero-order valence-corrected chi connectivity index (χ0v) is 21.3. The van der Waals surface area contributed by atoms with Gasteiger partial charge in [-0.2, -0.15) is 4.98 Å². The number of halogens is 2. The highest BCUT2D eigenvalue weighted by molar-refractivity contribution is 6.35. The van der Waals surface area contributed by atoms with Crippen LogP contribution in [0, 0.1) is 13.8 Å². The number of nitrogens with one attached hydrogen (secondary N) is 1. The SMILES string of the molecule is CC(=O)Cc1c(Cl)nc(-c2ccc(C)o2)nc1Cl.CC(=O)Cc1c(O)nc(-c2ccc(C)o2)[nH]c1=O. The summed E-state index contributed by atoms with van der Waals surface area (Å²) in [6, 6.07) is 6.89. The first-order valence-corrected chi connectivity index (χ1v) is 11.4. The van der Waals surface area contributed by atoms with Crippen molar-refractivity contribution < 1.29 is 23.5 Å². The molecule has 4 aromatic heterocycles. The number of nitrogens with zero attached hydrogens (tertiary/aromatic N) is 3. The second kappa shape index (κ2) is 11.3. The largest absolute Gasteiger partial charge is 0.493 e. The van der Waals surface area contributed by atoms with Crippen molar-refractivity contribution in [2.75, 3.05) is 0 Å². The van der Waals surface area contributed by atoms with Crippen LogP contribution in [0.5, 0.6) is 5.88 Å². The fourth-order valence-corrected chi connectivity index (χ4v) is 3.58. The van der Waals surface area contributed by atoms with Crippen LogP contribution in [0.4, 0.5) is 0 Å². The van der Waals surface area contributed by atoms with Crippen molar-refractivity contribution in [1.29, 1.82) is 0 Å².